The summed E-state index contributed by atoms with van der Waals surface area (Å²) in [6.45, 7) is 6.92. The zero-order chi connectivity index (χ0) is 41.3. The van der Waals surface area contributed by atoms with E-state index in [0.29, 0.717) is 34.4 Å². The molecule has 6 rings (SSSR count). The molecule has 0 bridgehead atoms. The van der Waals surface area contributed by atoms with Crippen LogP contribution >= 0.6 is 0 Å². The molecule has 2 aromatic carbocycles. The zero-order valence-electron chi connectivity index (χ0n) is 30.7. The van der Waals surface area contributed by atoms with Gasteiger partial charge in [0, 0.05) is 29.1 Å². The van der Waals surface area contributed by atoms with Gasteiger partial charge in [0.25, 0.3) is 5.92 Å². The molecule has 2 aromatic heterocycles. The summed E-state index contributed by atoms with van der Waals surface area (Å²) in [7, 11) is 1.34. The molecule has 10 nitrogen and oxygen atoms in total. The van der Waals surface area contributed by atoms with Crippen LogP contribution in [0.25, 0.3) is 22.3 Å². The Kier molecular flexibility index (Phi) is 9.94. The summed E-state index contributed by atoms with van der Waals surface area (Å²) in [5.74, 6) is -4.19. The van der Waals surface area contributed by atoms with Crippen molar-refractivity contribution in [2.45, 2.75) is 77.0 Å². The quantitative estimate of drug-likeness (QED) is 0.174. The van der Waals surface area contributed by atoms with Crippen molar-refractivity contribution in [3.8, 4) is 28.1 Å². The van der Waals surface area contributed by atoms with Gasteiger partial charge >= 0.3 is 24.4 Å². The fourth-order valence-corrected chi connectivity index (χ4v) is 7.15. The maximum Gasteiger partial charge on any atom is 0.416 e. The van der Waals surface area contributed by atoms with Crippen LogP contribution in [0.1, 0.15) is 77.7 Å². The van der Waals surface area contributed by atoms with Crippen molar-refractivity contribution in [2.75, 3.05) is 25.1 Å². The van der Waals surface area contributed by atoms with Gasteiger partial charge in [0.2, 0.25) is 11.8 Å². The van der Waals surface area contributed by atoms with E-state index in [1.165, 1.54) is 37.4 Å². The summed E-state index contributed by atoms with van der Waals surface area (Å²) >= 11 is 0. The molecule has 4 aromatic rings. The number of methoxy groups -OCH3 is 1. The number of cyclic esters (lactones) is 1. The van der Waals surface area contributed by atoms with Crippen LogP contribution in [0.2, 0.25) is 0 Å². The highest BCUT2D eigenvalue weighted by atomic mass is 19.4. The van der Waals surface area contributed by atoms with Crippen LogP contribution < -0.4 is 9.64 Å². The molecule has 2 saturated heterocycles. The Labute approximate surface area is 315 Å². The summed E-state index contributed by atoms with van der Waals surface area (Å²) < 4.78 is 121. The third-order valence-electron chi connectivity index (χ3n) is 9.72. The smallest absolute Gasteiger partial charge is 0.416 e. The number of aromatic nitrogens is 3. The second kappa shape index (κ2) is 13.9. The minimum absolute atomic E-state index is 0.0296. The Bertz CT molecular complexity index is 2180. The third-order valence-corrected chi connectivity index (χ3v) is 9.72. The van der Waals surface area contributed by atoms with Crippen molar-refractivity contribution in [1.29, 1.82) is 0 Å². The van der Waals surface area contributed by atoms with Gasteiger partial charge in [0.1, 0.15) is 6.10 Å². The lowest BCUT2D eigenvalue weighted by Crippen LogP contribution is -2.57. The van der Waals surface area contributed by atoms with E-state index in [1.807, 2.05) is 20.8 Å². The normalized spacial score (nSPS) is 18.5. The van der Waals surface area contributed by atoms with Crippen molar-refractivity contribution in [1.82, 2.24) is 19.9 Å². The zero-order valence-corrected chi connectivity index (χ0v) is 30.7. The number of benzene rings is 2. The fourth-order valence-electron chi connectivity index (χ4n) is 7.15. The maximum absolute atomic E-state index is 13.9. The number of carbonyl (C=O) groups excluding carboxylic acids is 1. The van der Waals surface area contributed by atoms with Crippen LogP contribution in [-0.4, -0.2) is 69.2 Å². The summed E-state index contributed by atoms with van der Waals surface area (Å²) in [5.41, 5.74) is -1.29. The Morgan fingerprint density at radius 3 is 2.11 bits per heavy atom. The molecule has 2 aliphatic rings. The predicted octanol–water partition coefficient (Wildman–Crippen LogP) is 9.09. The molecule has 1 N–H and O–H groups in total. The van der Waals surface area contributed by atoms with Gasteiger partial charge < -0.3 is 19.5 Å². The van der Waals surface area contributed by atoms with Gasteiger partial charge in [0.05, 0.1) is 55.2 Å². The van der Waals surface area contributed by atoms with Gasteiger partial charge in [-0.3, -0.25) is 4.90 Å². The van der Waals surface area contributed by atoms with Crippen LogP contribution in [0, 0.1) is 6.92 Å². The van der Waals surface area contributed by atoms with Crippen molar-refractivity contribution in [3.63, 3.8) is 0 Å². The first-order valence-corrected chi connectivity index (χ1v) is 17.1. The van der Waals surface area contributed by atoms with Gasteiger partial charge in [-0.05, 0) is 71.8 Å². The molecule has 2 fully saturated rings. The number of pyridine rings is 1. The highest BCUT2D eigenvalue weighted by Crippen LogP contribution is 2.43. The first-order chi connectivity index (χ1) is 25.9. The average Bonchev–Trinajstić information content (AvgIpc) is 3.37. The third kappa shape index (κ3) is 7.65. The van der Waals surface area contributed by atoms with Crippen LogP contribution in [0.3, 0.4) is 0 Å². The Morgan fingerprint density at radius 1 is 0.946 bits per heavy atom. The minimum Gasteiger partial charge on any atom is -0.481 e. The molecule has 2 aliphatic heterocycles. The Hall–Kier alpha value is -5.55. The van der Waals surface area contributed by atoms with E-state index in [1.54, 1.807) is 19.1 Å². The molecule has 1 amide bonds. The monoisotopic (exact) mass is 793 g/mol. The predicted molar refractivity (Wildman–Crippen MR) is 185 cm³/mol. The number of nitrogens with zero attached hydrogens (tertiary/aromatic N) is 5. The number of anilines is 1. The van der Waals surface area contributed by atoms with E-state index in [4.69, 9.17) is 9.47 Å². The molecule has 56 heavy (non-hydrogen) atoms. The van der Waals surface area contributed by atoms with Crippen LogP contribution in [0.5, 0.6) is 5.88 Å². The summed E-state index contributed by atoms with van der Waals surface area (Å²) in [6.07, 6.45) is -10.1. The van der Waals surface area contributed by atoms with Crippen molar-refractivity contribution < 1.29 is 59.3 Å². The first kappa shape index (κ1) is 40.1. The lowest BCUT2D eigenvalue weighted by atomic mass is 9.78. The van der Waals surface area contributed by atoms with E-state index in [9.17, 15) is 49.8 Å². The standard InChI is InChI=1S/C38H35F8N5O5/c1-18-24(7-8-25(32(52)53)29(18)35(3,4)5)21-11-26(31(55-6)47-13-21)27-14-48-33(50-16-36(39,40)17-50)49-28(27)15-51-19(2)30(56-34(51)54)20-9-22(37(41,42)43)12-23(10-20)38(44,45)46/h7-14,19,30H,15-17H2,1-6H3,(H,52,53)/t19-,30-/m0/s1. The maximum atomic E-state index is 13.9. The number of halogens is 8. The minimum atomic E-state index is -5.14. The molecule has 298 valence electrons. The summed E-state index contributed by atoms with van der Waals surface area (Å²) in [6, 6.07) is 4.58. The highest BCUT2D eigenvalue weighted by molar-refractivity contribution is 5.92. The number of carboxylic acid groups (broad SMARTS) is 1. The summed E-state index contributed by atoms with van der Waals surface area (Å²) in [4.78, 5) is 41.0. The van der Waals surface area contributed by atoms with Gasteiger partial charge in [-0.25, -0.2) is 33.3 Å². The van der Waals surface area contributed by atoms with Crippen molar-refractivity contribution >= 4 is 18.0 Å². The van der Waals surface area contributed by atoms with Gasteiger partial charge in [-0.15, -0.1) is 0 Å². The largest absolute Gasteiger partial charge is 0.481 e. The SMILES string of the molecule is COc1ncc(-c2ccc(C(=O)O)c(C(C)(C)C)c2C)cc1-c1cnc(N2CC(F)(F)C2)nc1CN1C(=O)O[C@H](c2cc(C(F)(F)F)cc(C(F)(F)F)c2)[C@@H]1C. The number of aromatic carboxylic acids is 1. The molecule has 2 atom stereocenters. The van der Waals surface area contributed by atoms with Crippen molar-refractivity contribution in [3.05, 3.63) is 87.9 Å². The topological polar surface area (TPSA) is 118 Å². The van der Waals surface area contributed by atoms with Gasteiger partial charge in [-0.2, -0.15) is 26.3 Å². The fraction of sp³-hybridized carbons (Fsp3) is 0.395. The van der Waals surface area contributed by atoms with Gasteiger partial charge in [0.15, 0.2) is 0 Å². The Balaban J connectivity index is 1.45. The highest BCUT2D eigenvalue weighted by Gasteiger charge is 2.46. The average molecular weight is 794 g/mol. The molecule has 0 aliphatic carbocycles. The summed E-state index contributed by atoms with van der Waals surface area (Å²) in [5, 5.41) is 9.93. The number of carboxylic acids is 1. The van der Waals surface area contributed by atoms with E-state index in [-0.39, 0.29) is 40.3 Å². The number of ether oxygens (including phenoxy) is 2. The van der Waals surface area contributed by atoms with E-state index >= 15 is 0 Å². The number of carbonyl (C=O) groups is 2. The van der Waals surface area contributed by atoms with E-state index in [2.05, 4.69) is 15.0 Å². The number of amides is 1. The first-order valence-electron chi connectivity index (χ1n) is 17.1. The molecule has 4 heterocycles. The van der Waals surface area contributed by atoms with E-state index in [0.717, 1.165) is 4.90 Å². The number of hydrogen-bond donors (Lipinski definition) is 1. The Morgan fingerprint density at radius 2 is 1.57 bits per heavy atom. The molecule has 18 heteroatoms. The van der Waals surface area contributed by atoms with Gasteiger partial charge in [-0.1, -0.05) is 26.8 Å². The van der Waals surface area contributed by atoms with E-state index < -0.39 is 84.2 Å². The molecule has 0 radical (unpaired) electrons. The van der Waals surface area contributed by atoms with Crippen LogP contribution in [0.15, 0.2) is 48.8 Å². The van der Waals surface area contributed by atoms with Crippen molar-refractivity contribution in [2.24, 2.45) is 0 Å². The molecular formula is C38H35F8N5O5. The second-order valence-electron chi connectivity index (χ2n) is 14.8. The molecule has 0 saturated carbocycles. The lowest BCUT2D eigenvalue weighted by Gasteiger charge is -2.38. The molecular weight excluding hydrogens is 758 g/mol. The number of alkyl halides is 8. The van der Waals surface area contributed by atoms with Crippen LogP contribution in [-0.2, 0) is 29.0 Å². The second-order valence-corrected chi connectivity index (χ2v) is 14.8. The number of rotatable bonds is 8. The molecule has 0 unspecified atom stereocenters. The molecule has 0 spiro atoms. The van der Waals surface area contributed by atoms with Crippen LogP contribution in [0.4, 0.5) is 45.9 Å². The lowest BCUT2D eigenvalue weighted by molar-refractivity contribution is -0.143. The number of hydrogen-bond acceptors (Lipinski definition) is 8.